The number of hydrogen-bond acceptors (Lipinski definition) is 4. The molecule has 3 rings (SSSR count). The van der Waals surface area contributed by atoms with Gasteiger partial charge in [0, 0.05) is 15.9 Å². The van der Waals surface area contributed by atoms with Crippen molar-refractivity contribution in [2.24, 2.45) is 10.2 Å². The molecule has 0 aromatic heterocycles. The Bertz CT molecular complexity index is 877. The maximum Gasteiger partial charge on any atom is 0.140 e. The average molecular weight is 402 g/mol. The van der Waals surface area contributed by atoms with Crippen molar-refractivity contribution >= 4 is 33.0 Å². The highest BCUT2D eigenvalue weighted by molar-refractivity contribution is 9.11. The molecule has 0 saturated heterocycles. The summed E-state index contributed by atoms with van der Waals surface area (Å²) in [4.78, 5) is 0. The van der Waals surface area contributed by atoms with Crippen molar-refractivity contribution in [2.75, 3.05) is 5.32 Å². The fraction of sp³-hybridized carbons (Fsp3) is 0.158. The van der Waals surface area contributed by atoms with E-state index in [1.54, 1.807) is 31.4 Å². The van der Waals surface area contributed by atoms with Crippen molar-refractivity contribution in [3.05, 3.63) is 76.4 Å². The minimum absolute atomic E-state index is 0.161. The molecule has 1 aliphatic heterocycles. The number of hydrogen-bond donors (Lipinski definition) is 1. The third-order valence-corrected chi connectivity index (χ3v) is 4.36. The molecule has 0 saturated carbocycles. The summed E-state index contributed by atoms with van der Waals surface area (Å²) in [5.41, 5.74) is 3.70. The molecule has 0 fully saturated rings. The van der Waals surface area contributed by atoms with Gasteiger partial charge in [0.2, 0.25) is 0 Å². The van der Waals surface area contributed by atoms with Gasteiger partial charge in [-0.05, 0) is 77.8 Å². The first-order chi connectivity index (χ1) is 12.0. The second-order valence-electron chi connectivity index (χ2n) is 5.65. The van der Waals surface area contributed by atoms with E-state index in [0.717, 1.165) is 21.6 Å². The lowest BCUT2D eigenvalue weighted by Crippen LogP contribution is -2.10. The molecule has 1 heterocycles. The van der Waals surface area contributed by atoms with Crippen molar-refractivity contribution in [1.82, 2.24) is 0 Å². The third kappa shape index (κ3) is 4.33. The number of benzene rings is 2. The molecule has 128 valence electrons. The molecule has 0 spiro atoms. The normalized spacial score (nSPS) is 17.0. The lowest BCUT2D eigenvalue weighted by Gasteiger charge is -2.16. The van der Waals surface area contributed by atoms with Gasteiger partial charge >= 0.3 is 0 Å². The standard InChI is InChI=1S/C19H17BrFN3O/c1-12-10-15(6-7-18(12)21)22-14-4-3-5-16(11-14)23-24-19-13(2)25-9-8-17(19)20/h3-11,13,22H,1-2H3. The first-order valence-electron chi connectivity index (χ1n) is 7.79. The fourth-order valence-corrected chi connectivity index (χ4v) is 2.85. The van der Waals surface area contributed by atoms with E-state index in [-0.39, 0.29) is 11.9 Å². The summed E-state index contributed by atoms with van der Waals surface area (Å²) in [5.74, 6) is -0.218. The van der Waals surface area contributed by atoms with Crippen LogP contribution in [0.2, 0.25) is 0 Å². The lowest BCUT2D eigenvalue weighted by molar-refractivity contribution is 0.186. The van der Waals surface area contributed by atoms with E-state index < -0.39 is 0 Å². The number of anilines is 2. The Hall–Kier alpha value is -2.47. The van der Waals surface area contributed by atoms with Crippen LogP contribution in [0.4, 0.5) is 21.5 Å². The fourth-order valence-electron chi connectivity index (χ4n) is 2.34. The molecule has 0 amide bonds. The van der Waals surface area contributed by atoms with Crippen LogP contribution >= 0.6 is 15.9 Å². The van der Waals surface area contributed by atoms with Gasteiger partial charge in [-0.3, -0.25) is 0 Å². The number of ether oxygens (including phenoxy) is 1. The van der Waals surface area contributed by atoms with E-state index >= 15 is 0 Å². The van der Waals surface area contributed by atoms with E-state index in [9.17, 15) is 4.39 Å². The maximum atomic E-state index is 13.4. The zero-order chi connectivity index (χ0) is 17.8. The molecule has 1 unspecified atom stereocenters. The smallest absolute Gasteiger partial charge is 0.140 e. The number of nitrogens with one attached hydrogen (secondary N) is 1. The van der Waals surface area contributed by atoms with Crippen LogP contribution in [-0.4, -0.2) is 6.10 Å². The second kappa shape index (κ2) is 7.61. The summed E-state index contributed by atoms with van der Waals surface area (Å²) < 4.78 is 19.6. The Kier molecular flexibility index (Phi) is 5.28. The number of aryl methyl sites for hydroxylation is 1. The molecule has 6 heteroatoms. The number of rotatable bonds is 4. The van der Waals surface area contributed by atoms with Gasteiger partial charge in [-0.15, -0.1) is 5.11 Å². The van der Waals surface area contributed by atoms with E-state index in [2.05, 4.69) is 31.5 Å². The molecule has 25 heavy (non-hydrogen) atoms. The minimum atomic E-state index is -0.218. The highest BCUT2D eigenvalue weighted by Crippen LogP contribution is 2.28. The van der Waals surface area contributed by atoms with Crippen LogP contribution < -0.4 is 5.32 Å². The average Bonchev–Trinajstić information content (AvgIpc) is 2.58. The van der Waals surface area contributed by atoms with E-state index in [0.29, 0.717) is 11.3 Å². The summed E-state index contributed by atoms with van der Waals surface area (Å²) in [7, 11) is 0. The molecule has 0 bridgehead atoms. The zero-order valence-corrected chi connectivity index (χ0v) is 15.4. The predicted molar refractivity (Wildman–Crippen MR) is 101 cm³/mol. The van der Waals surface area contributed by atoms with Crippen LogP contribution in [0.1, 0.15) is 12.5 Å². The Morgan fingerprint density at radius 2 is 1.92 bits per heavy atom. The SMILES string of the molecule is Cc1cc(Nc2cccc(N=NC3=C(Br)C=COC3C)c2)ccc1F. The van der Waals surface area contributed by atoms with Gasteiger partial charge in [-0.1, -0.05) is 6.07 Å². The van der Waals surface area contributed by atoms with E-state index in [1.165, 1.54) is 6.07 Å². The first kappa shape index (κ1) is 17.4. The quantitative estimate of drug-likeness (QED) is 0.594. The first-order valence-corrected chi connectivity index (χ1v) is 8.59. The molecular formula is C19H17BrFN3O. The van der Waals surface area contributed by atoms with Crippen LogP contribution in [-0.2, 0) is 4.74 Å². The van der Waals surface area contributed by atoms with Crippen LogP contribution in [0.25, 0.3) is 0 Å². The van der Waals surface area contributed by atoms with Gasteiger partial charge < -0.3 is 10.1 Å². The summed E-state index contributed by atoms with van der Waals surface area (Å²) in [5, 5.41) is 11.8. The van der Waals surface area contributed by atoms with Crippen LogP contribution in [0.15, 0.2) is 75.2 Å². The zero-order valence-electron chi connectivity index (χ0n) is 13.8. The predicted octanol–water partition coefficient (Wildman–Crippen LogP) is 6.50. The largest absolute Gasteiger partial charge is 0.492 e. The highest BCUT2D eigenvalue weighted by atomic mass is 79.9. The molecule has 2 aromatic carbocycles. The van der Waals surface area contributed by atoms with Gasteiger partial charge in [0.05, 0.1) is 11.9 Å². The van der Waals surface area contributed by atoms with Gasteiger partial charge in [0.1, 0.15) is 17.6 Å². The van der Waals surface area contributed by atoms with Gasteiger partial charge in [0.25, 0.3) is 0 Å². The number of allylic oxidation sites excluding steroid dienone is 2. The molecule has 1 aliphatic rings. The van der Waals surface area contributed by atoms with Gasteiger partial charge in [-0.25, -0.2) is 4.39 Å². The molecular weight excluding hydrogens is 385 g/mol. The number of nitrogens with zero attached hydrogens (tertiary/aromatic N) is 2. The monoisotopic (exact) mass is 401 g/mol. The van der Waals surface area contributed by atoms with Crippen molar-refractivity contribution in [1.29, 1.82) is 0 Å². The van der Waals surface area contributed by atoms with E-state index in [4.69, 9.17) is 4.74 Å². The maximum absolute atomic E-state index is 13.4. The van der Waals surface area contributed by atoms with Crippen molar-refractivity contribution < 1.29 is 9.13 Å². The van der Waals surface area contributed by atoms with Crippen LogP contribution in [0.5, 0.6) is 0 Å². The summed E-state index contributed by atoms with van der Waals surface area (Å²) in [6.07, 6.45) is 3.26. The molecule has 4 nitrogen and oxygen atoms in total. The Balaban J connectivity index is 1.78. The van der Waals surface area contributed by atoms with Crippen LogP contribution in [0.3, 0.4) is 0 Å². The van der Waals surface area contributed by atoms with Crippen LogP contribution in [0, 0.1) is 12.7 Å². The molecule has 0 radical (unpaired) electrons. The van der Waals surface area contributed by atoms with Crippen molar-refractivity contribution in [3.8, 4) is 0 Å². The highest BCUT2D eigenvalue weighted by Gasteiger charge is 2.15. The minimum Gasteiger partial charge on any atom is -0.492 e. The summed E-state index contributed by atoms with van der Waals surface area (Å²) in [6, 6.07) is 12.5. The van der Waals surface area contributed by atoms with Gasteiger partial charge in [0.15, 0.2) is 0 Å². The van der Waals surface area contributed by atoms with Crippen molar-refractivity contribution in [3.63, 3.8) is 0 Å². The molecule has 0 aliphatic carbocycles. The summed E-state index contributed by atoms with van der Waals surface area (Å²) in [6.45, 7) is 3.65. The number of azo groups is 1. The summed E-state index contributed by atoms with van der Waals surface area (Å²) >= 11 is 3.46. The number of halogens is 2. The lowest BCUT2D eigenvalue weighted by atomic mass is 10.2. The molecule has 2 aromatic rings. The second-order valence-corrected chi connectivity index (χ2v) is 6.51. The topological polar surface area (TPSA) is 46.0 Å². The van der Waals surface area contributed by atoms with Crippen molar-refractivity contribution in [2.45, 2.75) is 20.0 Å². The molecule has 1 N–H and O–H groups in total. The third-order valence-electron chi connectivity index (χ3n) is 3.69. The Labute approximate surface area is 154 Å². The molecule has 1 atom stereocenters. The van der Waals surface area contributed by atoms with E-state index in [1.807, 2.05) is 31.2 Å². The Morgan fingerprint density at radius 1 is 1.12 bits per heavy atom. The van der Waals surface area contributed by atoms with Gasteiger partial charge in [-0.2, -0.15) is 5.11 Å². The Morgan fingerprint density at radius 3 is 2.68 bits per heavy atom.